The highest BCUT2D eigenvalue weighted by atomic mass is 32.1. The number of thiazole rings is 1. The van der Waals surface area contributed by atoms with E-state index in [2.05, 4.69) is 46.5 Å². The van der Waals surface area contributed by atoms with Crippen molar-refractivity contribution in [2.24, 2.45) is 4.99 Å². The Morgan fingerprint density at radius 2 is 1.82 bits per heavy atom. The Hall–Kier alpha value is -3.64. The fourth-order valence-electron chi connectivity index (χ4n) is 4.04. The number of amides is 1. The molecule has 0 aliphatic carbocycles. The largest absolute Gasteiger partial charge is 0.482 e. The lowest BCUT2D eigenvalue weighted by Crippen LogP contribution is -2.25. The van der Waals surface area contributed by atoms with Gasteiger partial charge in [-0.3, -0.25) is 4.79 Å². The molecule has 1 amide bonds. The first-order chi connectivity index (χ1) is 16.2. The van der Waals surface area contributed by atoms with Crippen LogP contribution in [0, 0.1) is 0 Å². The molecule has 1 aliphatic heterocycles. The number of nitrogens with one attached hydrogen (secondary N) is 1. The minimum atomic E-state index is -0.131. The van der Waals surface area contributed by atoms with Crippen molar-refractivity contribution in [3.63, 3.8) is 0 Å². The van der Waals surface area contributed by atoms with Gasteiger partial charge in [-0.15, -0.1) is 11.3 Å². The fraction of sp³-hybridized carbons (Fsp3) is 0.185. The summed E-state index contributed by atoms with van der Waals surface area (Å²) in [5.41, 5.74) is 5.08. The summed E-state index contributed by atoms with van der Waals surface area (Å²) in [6.45, 7) is 2.30. The predicted molar refractivity (Wildman–Crippen MR) is 133 cm³/mol. The van der Waals surface area contributed by atoms with E-state index in [1.807, 2.05) is 54.6 Å². The second-order valence-electron chi connectivity index (χ2n) is 8.14. The minimum absolute atomic E-state index is 0.0570. The predicted octanol–water partition coefficient (Wildman–Crippen LogP) is 5.97. The lowest BCUT2D eigenvalue weighted by Gasteiger charge is -2.20. The fourth-order valence-corrected chi connectivity index (χ4v) is 5.06. The zero-order valence-corrected chi connectivity index (χ0v) is 19.2. The van der Waals surface area contributed by atoms with Crippen LogP contribution in [0.5, 0.6) is 5.75 Å². The molecule has 33 heavy (non-hydrogen) atoms. The second-order valence-corrected chi connectivity index (χ2v) is 8.98. The van der Waals surface area contributed by atoms with E-state index >= 15 is 0 Å². The monoisotopic (exact) mass is 455 g/mol. The summed E-state index contributed by atoms with van der Waals surface area (Å²) in [4.78, 5) is 17.7. The number of aryl methyl sites for hydroxylation is 1. The first-order valence-electron chi connectivity index (χ1n) is 11.1. The minimum Gasteiger partial charge on any atom is -0.482 e. The number of aromatic nitrogens is 1. The van der Waals surface area contributed by atoms with Crippen LogP contribution in [0.4, 0.5) is 11.4 Å². The van der Waals surface area contributed by atoms with Crippen molar-refractivity contribution in [2.45, 2.75) is 25.8 Å². The molecule has 1 aromatic heterocycles. The molecule has 0 spiro atoms. The zero-order chi connectivity index (χ0) is 22.6. The van der Waals surface area contributed by atoms with Gasteiger partial charge >= 0.3 is 0 Å². The Kier molecular flexibility index (Phi) is 6.09. The van der Waals surface area contributed by atoms with Gasteiger partial charge in [-0.1, -0.05) is 48.5 Å². The SMILES string of the molecule is CC(CCc1ccccc1)n1c(-c2ccc3c(c2)NC(=O)CO3)csc1=Nc1ccccc1. The highest BCUT2D eigenvalue weighted by Gasteiger charge is 2.19. The van der Waals surface area contributed by atoms with Gasteiger partial charge in [-0.05, 0) is 55.7 Å². The maximum Gasteiger partial charge on any atom is 0.262 e. The normalized spacial score (nSPS) is 14.3. The highest BCUT2D eigenvalue weighted by molar-refractivity contribution is 7.07. The molecular weight excluding hydrogens is 430 g/mol. The highest BCUT2D eigenvalue weighted by Crippen LogP contribution is 2.34. The van der Waals surface area contributed by atoms with Crippen LogP contribution in [0.15, 0.2) is 89.2 Å². The number of carbonyl (C=O) groups excluding carboxylic acids is 1. The summed E-state index contributed by atoms with van der Waals surface area (Å²) in [7, 11) is 0. The smallest absolute Gasteiger partial charge is 0.262 e. The molecule has 166 valence electrons. The Morgan fingerprint density at radius 1 is 1.06 bits per heavy atom. The van der Waals surface area contributed by atoms with E-state index < -0.39 is 0 Å². The number of fused-ring (bicyclic) bond motifs is 1. The van der Waals surface area contributed by atoms with E-state index in [-0.39, 0.29) is 18.6 Å². The van der Waals surface area contributed by atoms with Crippen LogP contribution in [0.2, 0.25) is 0 Å². The number of carbonyl (C=O) groups is 1. The van der Waals surface area contributed by atoms with Crippen LogP contribution < -0.4 is 14.9 Å². The number of nitrogens with zero attached hydrogens (tertiary/aromatic N) is 2. The topological polar surface area (TPSA) is 55.6 Å². The van der Waals surface area contributed by atoms with Crippen LogP contribution in [-0.2, 0) is 11.2 Å². The van der Waals surface area contributed by atoms with E-state index in [1.165, 1.54) is 5.56 Å². The molecule has 0 radical (unpaired) electrons. The molecule has 4 aromatic rings. The van der Waals surface area contributed by atoms with E-state index in [4.69, 9.17) is 9.73 Å². The Morgan fingerprint density at radius 3 is 2.61 bits per heavy atom. The van der Waals surface area contributed by atoms with Gasteiger partial charge in [-0.25, -0.2) is 4.99 Å². The second kappa shape index (κ2) is 9.46. The van der Waals surface area contributed by atoms with Crippen LogP contribution in [0.1, 0.15) is 24.9 Å². The molecular formula is C27H25N3O2S. The maximum atomic E-state index is 11.8. The Labute approximate surface area is 197 Å². The lowest BCUT2D eigenvalue weighted by atomic mass is 10.0. The van der Waals surface area contributed by atoms with Crippen molar-refractivity contribution < 1.29 is 9.53 Å². The average Bonchev–Trinajstić information content (AvgIpc) is 3.27. The summed E-state index contributed by atoms with van der Waals surface area (Å²) in [6.07, 6.45) is 1.98. The number of rotatable bonds is 6. The average molecular weight is 456 g/mol. The number of para-hydroxylation sites is 1. The summed E-state index contributed by atoms with van der Waals surface area (Å²) < 4.78 is 7.85. The third-order valence-corrected chi connectivity index (χ3v) is 6.61. The van der Waals surface area contributed by atoms with Gasteiger partial charge in [0.1, 0.15) is 5.75 Å². The van der Waals surface area contributed by atoms with E-state index in [0.717, 1.165) is 34.6 Å². The van der Waals surface area contributed by atoms with Crippen LogP contribution >= 0.6 is 11.3 Å². The van der Waals surface area contributed by atoms with Crippen molar-refractivity contribution in [1.29, 1.82) is 0 Å². The molecule has 0 saturated carbocycles. The van der Waals surface area contributed by atoms with Gasteiger partial charge in [0.15, 0.2) is 11.4 Å². The molecule has 1 aliphatic rings. The van der Waals surface area contributed by atoms with Gasteiger partial charge < -0.3 is 14.6 Å². The van der Waals surface area contributed by atoms with E-state index in [1.54, 1.807) is 11.3 Å². The molecule has 5 nitrogen and oxygen atoms in total. The number of anilines is 1. The first-order valence-corrected chi connectivity index (χ1v) is 12.0. The number of ether oxygens (including phenoxy) is 1. The number of benzene rings is 3. The molecule has 3 aromatic carbocycles. The summed E-state index contributed by atoms with van der Waals surface area (Å²) in [5, 5.41) is 5.07. The number of hydrogen-bond donors (Lipinski definition) is 1. The molecule has 0 bridgehead atoms. The molecule has 0 saturated heterocycles. The maximum absolute atomic E-state index is 11.8. The molecule has 1 atom stereocenters. The molecule has 1 N–H and O–H groups in total. The summed E-state index contributed by atoms with van der Waals surface area (Å²) in [5.74, 6) is 0.570. The van der Waals surface area contributed by atoms with Gasteiger partial charge in [0.2, 0.25) is 0 Å². The third kappa shape index (κ3) is 4.76. The van der Waals surface area contributed by atoms with Gasteiger partial charge in [0.25, 0.3) is 5.91 Å². The lowest BCUT2D eigenvalue weighted by molar-refractivity contribution is -0.118. The van der Waals surface area contributed by atoms with Gasteiger partial charge in [-0.2, -0.15) is 0 Å². The zero-order valence-electron chi connectivity index (χ0n) is 18.4. The van der Waals surface area contributed by atoms with Crippen molar-refractivity contribution in [3.8, 4) is 17.0 Å². The van der Waals surface area contributed by atoms with Crippen LogP contribution in [0.3, 0.4) is 0 Å². The Balaban J connectivity index is 1.55. The third-order valence-electron chi connectivity index (χ3n) is 5.77. The van der Waals surface area contributed by atoms with Crippen molar-refractivity contribution in [1.82, 2.24) is 4.57 Å². The molecule has 6 heteroatoms. The van der Waals surface area contributed by atoms with Crippen LogP contribution in [0.25, 0.3) is 11.3 Å². The van der Waals surface area contributed by atoms with E-state index in [0.29, 0.717) is 11.4 Å². The van der Waals surface area contributed by atoms with Gasteiger partial charge in [0.05, 0.1) is 17.1 Å². The quantitative estimate of drug-likeness (QED) is 0.389. The standard InChI is InChI=1S/C27H25N3O2S/c1-19(12-13-20-8-4-2-5-9-20)30-24(18-33-27(30)28-22-10-6-3-7-11-22)21-14-15-25-23(16-21)29-26(31)17-32-25/h2-11,14-16,18-19H,12-13,17H2,1H3,(H,29,31). The van der Waals surface area contributed by atoms with Gasteiger partial charge in [0, 0.05) is 17.0 Å². The molecule has 5 rings (SSSR count). The molecule has 2 heterocycles. The van der Waals surface area contributed by atoms with Crippen molar-refractivity contribution >= 4 is 28.6 Å². The summed E-state index contributed by atoms with van der Waals surface area (Å²) >= 11 is 1.63. The van der Waals surface area contributed by atoms with Crippen LogP contribution in [-0.4, -0.2) is 17.1 Å². The van der Waals surface area contributed by atoms with Crippen molar-refractivity contribution in [2.75, 3.05) is 11.9 Å². The van der Waals surface area contributed by atoms with E-state index in [9.17, 15) is 4.79 Å². The molecule has 0 fully saturated rings. The molecule has 1 unspecified atom stereocenters. The number of hydrogen-bond acceptors (Lipinski definition) is 4. The summed E-state index contributed by atoms with van der Waals surface area (Å²) in [6, 6.07) is 26.8. The van der Waals surface area contributed by atoms with Crippen molar-refractivity contribution in [3.05, 3.63) is 94.6 Å². The first kappa shape index (κ1) is 21.2. The Bertz CT molecular complexity index is 1330.